The van der Waals surface area contributed by atoms with Crippen LogP contribution in [0.1, 0.15) is 34.0 Å². The summed E-state index contributed by atoms with van der Waals surface area (Å²) in [5.74, 6) is 0. The quantitative estimate of drug-likeness (QED) is 0.211. The molecule has 4 nitrogen and oxygen atoms in total. The number of nitrogens with one attached hydrogen (secondary N) is 1. The number of benzene rings is 6. The number of aliphatic imine (C=N–C) groups is 1. The summed E-state index contributed by atoms with van der Waals surface area (Å²) >= 11 is 0. The van der Waals surface area contributed by atoms with E-state index in [1.165, 1.54) is 0 Å². The van der Waals surface area contributed by atoms with E-state index in [0.29, 0.717) is 11.1 Å². The first-order valence-corrected chi connectivity index (χ1v) is 15.1. The molecule has 1 unspecified atom stereocenters. The van der Waals surface area contributed by atoms with Crippen LogP contribution in [0.2, 0.25) is 0 Å². The standard InChI is InChI=1S/C42H28N4/c43-27-29-11-15-31(16-12-29)32-19-21-34(22-20-32)38-23-37(33-17-13-30(28-44)14-18-33)24-39(25-38)41-26-40(35-7-3-1-4-8-35)45-42(46-41)36-9-5-2-6-10-36/h1-26,42,45H. The third-order valence-corrected chi connectivity index (χ3v) is 8.18. The van der Waals surface area contributed by atoms with Gasteiger partial charge in [0, 0.05) is 11.3 Å². The molecule has 0 fully saturated rings. The van der Waals surface area contributed by atoms with Crippen molar-refractivity contribution in [3.8, 4) is 45.5 Å². The molecule has 7 rings (SSSR count). The molecule has 1 N–H and O–H groups in total. The Morgan fingerprint density at radius 2 is 0.891 bits per heavy atom. The van der Waals surface area contributed by atoms with Gasteiger partial charge in [-0.1, -0.05) is 109 Å². The van der Waals surface area contributed by atoms with Gasteiger partial charge in [-0.05, 0) is 93.0 Å². The van der Waals surface area contributed by atoms with Crippen LogP contribution < -0.4 is 5.32 Å². The summed E-state index contributed by atoms with van der Waals surface area (Å²) in [7, 11) is 0. The lowest BCUT2D eigenvalue weighted by atomic mass is 9.92. The van der Waals surface area contributed by atoms with Gasteiger partial charge in [-0.15, -0.1) is 0 Å². The molecule has 6 aromatic rings. The maximum Gasteiger partial charge on any atom is 0.145 e. The Morgan fingerprint density at radius 3 is 1.39 bits per heavy atom. The molecule has 0 saturated carbocycles. The van der Waals surface area contributed by atoms with Gasteiger partial charge in [-0.25, -0.2) is 0 Å². The highest BCUT2D eigenvalue weighted by Crippen LogP contribution is 2.33. The van der Waals surface area contributed by atoms with Crippen molar-refractivity contribution in [2.45, 2.75) is 6.17 Å². The molecular formula is C42H28N4. The lowest BCUT2D eigenvalue weighted by molar-refractivity contribution is 0.664. The van der Waals surface area contributed by atoms with Gasteiger partial charge in [0.1, 0.15) is 6.17 Å². The van der Waals surface area contributed by atoms with Gasteiger partial charge < -0.3 is 5.32 Å². The molecule has 6 aromatic carbocycles. The molecule has 216 valence electrons. The first-order valence-electron chi connectivity index (χ1n) is 15.1. The van der Waals surface area contributed by atoms with Crippen molar-refractivity contribution in [3.63, 3.8) is 0 Å². The summed E-state index contributed by atoms with van der Waals surface area (Å²) in [5.41, 5.74) is 12.7. The second kappa shape index (κ2) is 12.6. The zero-order chi connectivity index (χ0) is 31.3. The number of nitrogens with zero attached hydrogens (tertiary/aromatic N) is 3. The fraction of sp³-hybridized carbons (Fsp3) is 0.0238. The average Bonchev–Trinajstić information content (AvgIpc) is 3.15. The van der Waals surface area contributed by atoms with Crippen molar-refractivity contribution in [1.82, 2.24) is 5.32 Å². The fourth-order valence-corrected chi connectivity index (χ4v) is 5.71. The van der Waals surface area contributed by atoms with Crippen LogP contribution in [-0.4, -0.2) is 5.71 Å². The van der Waals surface area contributed by atoms with Crippen LogP contribution >= 0.6 is 0 Å². The fourth-order valence-electron chi connectivity index (χ4n) is 5.71. The van der Waals surface area contributed by atoms with Gasteiger partial charge in [0.15, 0.2) is 0 Å². The van der Waals surface area contributed by atoms with Gasteiger partial charge >= 0.3 is 0 Å². The largest absolute Gasteiger partial charge is 0.360 e. The predicted octanol–water partition coefficient (Wildman–Crippen LogP) is 9.56. The summed E-state index contributed by atoms with van der Waals surface area (Å²) in [6.45, 7) is 0. The van der Waals surface area contributed by atoms with Crippen molar-refractivity contribution in [2.24, 2.45) is 4.99 Å². The molecule has 1 atom stereocenters. The molecule has 1 aliphatic heterocycles. The number of hydrogen-bond donors (Lipinski definition) is 1. The highest BCUT2D eigenvalue weighted by Gasteiger charge is 2.20. The predicted molar refractivity (Wildman–Crippen MR) is 185 cm³/mol. The molecule has 1 heterocycles. The SMILES string of the molecule is N#Cc1ccc(-c2ccc(-c3cc(C4=NC(c5ccccc5)NC(c5ccccc5)=C4)cc(-c4ccc(C#N)cc4)c3)cc2)cc1. The minimum Gasteiger partial charge on any atom is -0.360 e. The van der Waals surface area contributed by atoms with Crippen molar-refractivity contribution in [3.05, 3.63) is 186 Å². The Balaban J connectivity index is 1.35. The van der Waals surface area contributed by atoms with Crippen LogP contribution in [0.5, 0.6) is 0 Å². The first kappa shape index (κ1) is 28.3. The van der Waals surface area contributed by atoms with Crippen molar-refractivity contribution < 1.29 is 0 Å². The zero-order valence-electron chi connectivity index (χ0n) is 24.9. The van der Waals surface area contributed by atoms with E-state index < -0.39 is 0 Å². The van der Waals surface area contributed by atoms with E-state index in [1.807, 2.05) is 84.9 Å². The third-order valence-electron chi connectivity index (χ3n) is 8.18. The van der Waals surface area contributed by atoms with Gasteiger partial charge in [-0.2, -0.15) is 10.5 Å². The summed E-state index contributed by atoms with van der Waals surface area (Å²) in [6.07, 6.45) is 1.88. The smallest absolute Gasteiger partial charge is 0.145 e. The lowest BCUT2D eigenvalue weighted by Crippen LogP contribution is -2.24. The molecule has 0 bridgehead atoms. The number of allylic oxidation sites excluding steroid dienone is 1. The molecule has 0 aromatic heterocycles. The second-order valence-corrected chi connectivity index (χ2v) is 11.2. The second-order valence-electron chi connectivity index (χ2n) is 11.2. The molecule has 0 aliphatic carbocycles. The molecule has 0 radical (unpaired) electrons. The minimum atomic E-state index is -0.245. The molecule has 0 saturated heterocycles. The molecule has 46 heavy (non-hydrogen) atoms. The first-order chi connectivity index (χ1) is 22.7. The molecular weight excluding hydrogens is 560 g/mol. The van der Waals surface area contributed by atoms with E-state index in [9.17, 15) is 10.5 Å². The summed E-state index contributed by atoms with van der Waals surface area (Å²) in [6, 6.07) is 55.5. The van der Waals surface area contributed by atoms with E-state index in [4.69, 9.17) is 4.99 Å². The van der Waals surface area contributed by atoms with E-state index in [0.717, 1.165) is 61.5 Å². The highest BCUT2D eigenvalue weighted by molar-refractivity contribution is 6.14. The Morgan fingerprint density at radius 1 is 0.457 bits per heavy atom. The van der Waals surface area contributed by atoms with Gasteiger partial charge in [0.05, 0.1) is 29.0 Å². The molecule has 1 aliphatic rings. The maximum absolute atomic E-state index is 9.38. The number of hydrogen-bond acceptors (Lipinski definition) is 4. The van der Waals surface area contributed by atoms with Gasteiger partial charge in [-0.3, -0.25) is 4.99 Å². The van der Waals surface area contributed by atoms with Crippen LogP contribution in [0.15, 0.2) is 163 Å². The van der Waals surface area contributed by atoms with Crippen molar-refractivity contribution in [2.75, 3.05) is 0 Å². The van der Waals surface area contributed by atoms with E-state index in [1.54, 1.807) is 0 Å². The minimum absolute atomic E-state index is 0.245. The summed E-state index contributed by atoms with van der Waals surface area (Å²) in [5, 5.41) is 22.2. The number of nitriles is 2. The van der Waals surface area contributed by atoms with Crippen LogP contribution in [0.4, 0.5) is 0 Å². The topological polar surface area (TPSA) is 72.0 Å². The zero-order valence-corrected chi connectivity index (χ0v) is 24.9. The molecule has 0 amide bonds. The Labute approximate surface area is 268 Å². The maximum atomic E-state index is 9.38. The molecule has 4 heteroatoms. The monoisotopic (exact) mass is 588 g/mol. The highest BCUT2D eigenvalue weighted by atomic mass is 15.1. The average molecular weight is 589 g/mol. The summed E-state index contributed by atoms with van der Waals surface area (Å²) in [4.78, 5) is 5.23. The Hall–Kier alpha value is -6.49. The Bertz CT molecular complexity index is 2150. The van der Waals surface area contributed by atoms with Gasteiger partial charge in [0.25, 0.3) is 0 Å². The number of rotatable bonds is 6. The van der Waals surface area contributed by atoms with E-state index in [-0.39, 0.29) is 6.17 Å². The van der Waals surface area contributed by atoms with E-state index in [2.05, 4.69) is 90.3 Å². The van der Waals surface area contributed by atoms with Crippen LogP contribution in [0, 0.1) is 22.7 Å². The molecule has 0 spiro atoms. The van der Waals surface area contributed by atoms with Crippen LogP contribution in [-0.2, 0) is 0 Å². The van der Waals surface area contributed by atoms with Gasteiger partial charge in [0.2, 0.25) is 0 Å². The van der Waals surface area contributed by atoms with Crippen LogP contribution in [0.3, 0.4) is 0 Å². The lowest BCUT2D eigenvalue weighted by Gasteiger charge is -2.25. The van der Waals surface area contributed by atoms with Crippen molar-refractivity contribution >= 4 is 11.4 Å². The van der Waals surface area contributed by atoms with Crippen molar-refractivity contribution in [1.29, 1.82) is 10.5 Å². The summed E-state index contributed by atoms with van der Waals surface area (Å²) < 4.78 is 0. The Kier molecular flexibility index (Phi) is 7.76. The van der Waals surface area contributed by atoms with Crippen LogP contribution in [0.25, 0.3) is 39.1 Å². The third kappa shape index (κ3) is 5.97. The normalized spacial score (nSPS) is 13.8. The van der Waals surface area contributed by atoms with E-state index >= 15 is 0 Å².